The molecule has 1 aromatic carbocycles. The lowest BCUT2D eigenvalue weighted by atomic mass is 9.86. The third kappa shape index (κ3) is 5.83. The number of hydrogen-bond donors (Lipinski definition) is 0. The number of carbonyl (C=O) groups is 1. The highest BCUT2D eigenvalue weighted by molar-refractivity contribution is 5.73. The Labute approximate surface area is 171 Å². The minimum atomic E-state index is -0.0486. The summed E-state index contributed by atoms with van der Waals surface area (Å²) in [6.07, 6.45) is 13.9. The first-order chi connectivity index (χ1) is 13.7. The first kappa shape index (κ1) is 21.4. The van der Waals surface area contributed by atoms with Crippen molar-refractivity contribution in [2.75, 3.05) is 13.1 Å². The van der Waals surface area contributed by atoms with Crippen LogP contribution in [0.5, 0.6) is 5.75 Å². The zero-order valence-corrected chi connectivity index (χ0v) is 18.0. The van der Waals surface area contributed by atoms with E-state index in [2.05, 4.69) is 30.9 Å². The van der Waals surface area contributed by atoms with E-state index in [0.717, 1.165) is 44.0 Å². The predicted octanol–water partition coefficient (Wildman–Crippen LogP) is 5.93. The van der Waals surface area contributed by atoms with Crippen LogP contribution in [0.4, 0.5) is 0 Å². The van der Waals surface area contributed by atoms with Crippen molar-refractivity contribution in [1.82, 2.24) is 4.90 Å². The van der Waals surface area contributed by atoms with Crippen LogP contribution >= 0.6 is 0 Å². The van der Waals surface area contributed by atoms with Gasteiger partial charge in [0.2, 0.25) is 0 Å². The number of benzene rings is 1. The smallest absolute Gasteiger partial charge is 0.311 e. The topological polar surface area (TPSA) is 29.5 Å². The van der Waals surface area contributed by atoms with E-state index in [0.29, 0.717) is 12.5 Å². The second-order valence-electron chi connectivity index (χ2n) is 8.84. The average molecular weight is 386 g/mol. The van der Waals surface area contributed by atoms with Gasteiger partial charge in [0.1, 0.15) is 5.75 Å². The summed E-state index contributed by atoms with van der Waals surface area (Å²) in [6, 6.07) is 6.85. The molecule has 0 N–H and O–H groups in total. The molecule has 0 spiro atoms. The summed E-state index contributed by atoms with van der Waals surface area (Å²) < 4.78 is 5.87. The van der Waals surface area contributed by atoms with Crippen LogP contribution in [0.1, 0.15) is 89.2 Å². The number of carbonyl (C=O) groups excluding carboxylic acids is 1. The Bertz CT molecular complexity index is 615. The summed E-state index contributed by atoms with van der Waals surface area (Å²) in [5, 5.41) is 0. The van der Waals surface area contributed by atoms with Crippen LogP contribution in [0.2, 0.25) is 0 Å². The third-order valence-corrected chi connectivity index (χ3v) is 6.65. The number of aryl methyl sites for hydroxylation is 1. The summed E-state index contributed by atoms with van der Waals surface area (Å²) >= 11 is 0. The number of hydrogen-bond acceptors (Lipinski definition) is 3. The van der Waals surface area contributed by atoms with Gasteiger partial charge in [-0.05, 0) is 81.1 Å². The molecule has 0 aromatic heterocycles. The fourth-order valence-electron chi connectivity index (χ4n) is 5.20. The summed E-state index contributed by atoms with van der Waals surface area (Å²) in [5.74, 6) is 1.62. The van der Waals surface area contributed by atoms with Crippen molar-refractivity contribution in [3.8, 4) is 5.75 Å². The number of fused-ring (bicyclic) bond motifs is 1. The molecule has 3 heteroatoms. The Morgan fingerprint density at radius 1 is 1.11 bits per heavy atom. The molecule has 3 rings (SSSR count). The maximum atomic E-state index is 12.5. The molecule has 2 aliphatic rings. The van der Waals surface area contributed by atoms with Gasteiger partial charge in [-0.25, -0.2) is 0 Å². The molecular formula is C25H39NO2. The van der Waals surface area contributed by atoms with Gasteiger partial charge >= 0.3 is 5.97 Å². The zero-order valence-electron chi connectivity index (χ0n) is 18.0. The lowest BCUT2D eigenvalue weighted by molar-refractivity contribution is -0.134. The van der Waals surface area contributed by atoms with Crippen LogP contribution in [0.3, 0.4) is 0 Å². The molecule has 1 fully saturated rings. The van der Waals surface area contributed by atoms with E-state index in [9.17, 15) is 4.79 Å². The largest absolute Gasteiger partial charge is 0.426 e. The average Bonchev–Trinajstić information content (AvgIpc) is 3.21. The van der Waals surface area contributed by atoms with Gasteiger partial charge < -0.3 is 9.64 Å². The highest BCUT2D eigenvalue weighted by Crippen LogP contribution is 2.33. The van der Waals surface area contributed by atoms with E-state index in [4.69, 9.17) is 4.74 Å². The molecule has 0 bridgehead atoms. The van der Waals surface area contributed by atoms with Crippen LogP contribution < -0.4 is 4.74 Å². The maximum absolute atomic E-state index is 12.5. The second-order valence-corrected chi connectivity index (χ2v) is 8.84. The van der Waals surface area contributed by atoms with Crippen molar-refractivity contribution in [2.24, 2.45) is 5.92 Å². The van der Waals surface area contributed by atoms with Gasteiger partial charge in [-0.1, -0.05) is 51.7 Å². The Hall–Kier alpha value is -1.35. The second kappa shape index (κ2) is 11.0. The molecule has 3 nitrogen and oxygen atoms in total. The van der Waals surface area contributed by atoms with Crippen molar-refractivity contribution < 1.29 is 9.53 Å². The molecule has 28 heavy (non-hydrogen) atoms. The Morgan fingerprint density at radius 2 is 1.86 bits per heavy atom. The summed E-state index contributed by atoms with van der Waals surface area (Å²) in [4.78, 5) is 15.1. The molecule has 1 atom stereocenters. The molecule has 156 valence electrons. The van der Waals surface area contributed by atoms with Gasteiger partial charge in [-0.15, -0.1) is 0 Å². The van der Waals surface area contributed by atoms with Crippen molar-refractivity contribution in [3.63, 3.8) is 0 Å². The molecule has 0 heterocycles. The fourth-order valence-corrected chi connectivity index (χ4v) is 5.20. The number of rotatable bonds is 10. The number of nitrogens with zero attached hydrogens (tertiary/aromatic N) is 1. The van der Waals surface area contributed by atoms with Crippen LogP contribution in [-0.4, -0.2) is 30.0 Å². The van der Waals surface area contributed by atoms with Crippen molar-refractivity contribution >= 4 is 5.97 Å². The monoisotopic (exact) mass is 385 g/mol. The fraction of sp³-hybridized carbons (Fsp3) is 0.720. The SMILES string of the molecule is CCCN(CCC)C1CCc2cccc(OC(=O)CCCC3CCCC3)c2C1. The van der Waals surface area contributed by atoms with E-state index in [1.807, 2.05) is 6.07 Å². The van der Waals surface area contributed by atoms with Crippen molar-refractivity contribution in [1.29, 1.82) is 0 Å². The summed E-state index contributed by atoms with van der Waals surface area (Å²) in [5.41, 5.74) is 2.65. The lowest BCUT2D eigenvalue weighted by Crippen LogP contribution is -2.40. The van der Waals surface area contributed by atoms with Crippen LogP contribution in [0.15, 0.2) is 18.2 Å². The first-order valence-electron chi connectivity index (χ1n) is 11.8. The van der Waals surface area contributed by atoms with Gasteiger partial charge in [0.15, 0.2) is 0 Å². The molecule has 0 amide bonds. The van der Waals surface area contributed by atoms with Gasteiger partial charge in [-0.2, -0.15) is 0 Å². The zero-order chi connectivity index (χ0) is 19.8. The van der Waals surface area contributed by atoms with Crippen molar-refractivity contribution in [2.45, 2.75) is 96.9 Å². The molecule has 0 aliphatic heterocycles. The van der Waals surface area contributed by atoms with E-state index in [-0.39, 0.29) is 5.97 Å². The van der Waals surface area contributed by atoms with Crippen LogP contribution in [0.25, 0.3) is 0 Å². The molecule has 1 aromatic rings. The summed E-state index contributed by atoms with van der Waals surface area (Å²) in [6.45, 7) is 6.85. The molecule has 1 saturated carbocycles. The predicted molar refractivity (Wildman–Crippen MR) is 116 cm³/mol. The maximum Gasteiger partial charge on any atom is 0.311 e. The Morgan fingerprint density at radius 3 is 2.57 bits per heavy atom. The van der Waals surface area contributed by atoms with Crippen LogP contribution in [-0.2, 0) is 17.6 Å². The van der Waals surface area contributed by atoms with Gasteiger partial charge in [-0.3, -0.25) is 4.79 Å². The normalized spacial score (nSPS) is 19.8. The van der Waals surface area contributed by atoms with E-state index >= 15 is 0 Å². The molecular weight excluding hydrogens is 346 g/mol. The highest BCUT2D eigenvalue weighted by atomic mass is 16.5. The quantitative estimate of drug-likeness (QED) is 0.369. The standard InChI is InChI=1S/C25H39NO2/c1-3-17-26(18-4-2)22-16-15-21-12-8-13-24(23(21)19-22)28-25(27)14-7-11-20-9-5-6-10-20/h8,12-13,20,22H,3-7,9-11,14-19H2,1-2H3. The highest BCUT2D eigenvalue weighted by Gasteiger charge is 2.26. The van der Waals surface area contributed by atoms with E-state index in [1.165, 1.54) is 62.5 Å². The van der Waals surface area contributed by atoms with E-state index in [1.54, 1.807) is 0 Å². The number of ether oxygens (including phenoxy) is 1. The molecule has 0 radical (unpaired) electrons. The Balaban J connectivity index is 1.58. The van der Waals surface area contributed by atoms with E-state index < -0.39 is 0 Å². The van der Waals surface area contributed by atoms with Crippen molar-refractivity contribution in [3.05, 3.63) is 29.3 Å². The minimum Gasteiger partial charge on any atom is -0.426 e. The summed E-state index contributed by atoms with van der Waals surface area (Å²) in [7, 11) is 0. The van der Waals surface area contributed by atoms with Gasteiger partial charge in [0.25, 0.3) is 0 Å². The molecule has 0 saturated heterocycles. The lowest BCUT2D eigenvalue weighted by Gasteiger charge is -2.35. The molecule has 2 aliphatic carbocycles. The molecule has 1 unspecified atom stereocenters. The Kier molecular flexibility index (Phi) is 8.39. The minimum absolute atomic E-state index is 0.0486. The van der Waals surface area contributed by atoms with Gasteiger partial charge in [0, 0.05) is 12.5 Å². The van der Waals surface area contributed by atoms with Crippen LogP contribution in [0, 0.1) is 5.92 Å². The third-order valence-electron chi connectivity index (χ3n) is 6.65. The number of esters is 1. The van der Waals surface area contributed by atoms with Gasteiger partial charge in [0.05, 0.1) is 0 Å². The first-order valence-corrected chi connectivity index (χ1v) is 11.8.